The molecule has 40 heavy (non-hydrogen) atoms. The number of aromatic carboxylic acids is 1. The first-order chi connectivity index (χ1) is 19.5. The van der Waals surface area contributed by atoms with E-state index in [0.717, 1.165) is 22.7 Å². The predicted molar refractivity (Wildman–Crippen MR) is 157 cm³/mol. The van der Waals surface area contributed by atoms with Crippen LogP contribution in [0.25, 0.3) is 11.3 Å². The maximum atomic E-state index is 11.5. The van der Waals surface area contributed by atoms with Gasteiger partial charge < -0.3 is 24.5 Å². The van der Waals surface area contributed by atoms with Crippen LogP contribution in [-0.4, -0.2) is 21.2 Å². The van der Waals surface area contributed by atoms with Gasteiger partial charge in [0.2, 0.25) is 0 Å². The second kappa shape index (κ2) is 10.7. The Morgan fingerprint density at radius 2 is 1.77 bits per heavy atom. The number of carboxylic acids is 1. The number of benzene rings is 3. The summed E-state index contributed by atoms with van der Waals surface area (Å²) in [7, 11) is 0. The van der Waals surface area contributed by atoms with Crippen LogP contribution in [0.15, 0.2) is 114 Å². The summed E-state index contributed by atoms with van der Waals surface area (Å²) in [6.07, 6.45) is 1.75. The van der Waals surface area contributed by atoms with Crippen molar-refractivity contribution in [3.8, 4) is 22.8 Å². The number of aromatic nitrogens is 1. The van der Waals surface area contributed by atoms with Crippen LogP contribution in [-0.2, 0) is 0 Å². The van der Waals surface area contributed by atoms with E-state index in [4.69, 9.17) is 21.4 Å². The van der Waals surface area contributed by atoms with Gasteiger partial charge in [-0.25, -0.2) is 4.79 Å². The first-order valence-corrected chi connectivity index (χ1v) is 13.2. The van der Waals surface area contributed by atoms with Crippen LogP contribution >= 0.6 is 12.2 Å². The number of para-hydroxylation sites is 1. The Morgan fingerprint density at radius 1 is 0.975 bits per heavy atom. The number of pyridine rings is 1. The second-order valence-electron chi connectivity index (χ2n) is 9.45. The van der Waals surface area contributed by atoms with Crippen molar-refractivity contribution in [2.45, 2.75) is 19.0 Å². The fourth-order valence-corrected chi connectivity index (χ4v) is 5.21. The van der Waals surface area contributed by atoms with Gasteiger partial charge in [0.1, 0.15) is 29.1 Å². The maximum Gasteiger partial charge on any atom is 0.335 e. The van der Waals surface area contributed by atoms with Crippen molar-refractivity contribution >= 4 is 29.0 Å². The molecular weight excluding hydrogens is 522 g/mol. The normalized spacial score (nSPS) is 16.5. The van der Waals surface area contributed by atoms with E-state index in [1.165, 1.54) is 0 Å². The number of thiocarbonyl (C=S) groups is 1. The zero-order chi connectivity index (χ0) is 27.6. The molecule has 1 aliphatic rings. The minimum absolute atomic E-state index is 0.195. The van der Waals surface area contributed by atoms with E-state index in [1.807, 2.05) is 96.8 Å². The van der Waals surface area contributed by atoms with Crippen LogP contribution in [0, 0.1) is 6.92 Å². The molecule has 5 aromatic rings. The van der Waals surface area contributed by atoms with Gasteiger partial charge in [-0.3, -0.25) is 4.98 Å². The number of ether oxygens (including phenoxy) is 1. The van der Waals surface area contributed by atoms with Gasteiger partial charge in [0.25, 0.3) is 0 Å². The Hall–Kier alpha value is -4.95. The molecule has 2 aromatic heterocycles. The largest absolute Gasteiger partial charge is 0.478 e. The topological polar surface area (TPSA) is 87.8 Å². The fraction of sp³-hybridized carbons (Fsp3) is 0.0938. The van der Waals surface area contributed by atoms with E-state index >= 15 is 0 Å². The highest BCUT2D eigenvalue weighted by Crippen LogP contribution is 2.43. The Labute approximate surface area is 236 Å². The third-order valence-corrected chi connectivity index (χ3v) is 7.16. The molecule has 0 bridgehead atoms. The summed E-state index contributed by atoms with van der Waals surface area (Å²) in [5.74, 6) is 1.76. The third-order valence-electron chi connectivity index (χ3n) is 6.85. The zero-order valence-electron chi connectivity index (χ0n) is 21.5. The zero-order valence-corrected chi connectivity index (χ0v) is 22.3. The van der Waals surface area contributed by atoms with Gasteiger partial charge in [0, 0.05) is 17.4 Å². The Bertz CT molecular complexity index is 1680. The van der Waals surface area contributed by atoms with E-state index < -0.39 is 5.97 Å². The quantitative estimate of drug-likeness (QED) is 0.205. The second-order valence-corrected chi connectivity index (χ2v) is 9.83. The van der Waals surface area contributed by atoms with Crippen molar-refractivity contribution in [1.82, 2.24) is 10.3 Å². The molecule has 6 rings (SSSR count). The molecule has 1 aliphatic heterocycles. The van der Waals surface area contributed by atoms with Gasteiger partial charge in [0.15, 0.2) is 5.11 Å². The summed E-state index contributed by atoms with van der Waals surface area (Å²) in [6.45, 7) is 2.01. The lowest BCUT2D eigenvalue weighted by atomic mass is 10.0. The number of carbonyl (C=O) groups is 1. The average Bonchev–Trinajstić information content (AvgIpc) is 3.60. The van der Waals surface area contributed by atoms with Gasteiger partial charge in [-0.1, -0.05) is 36.4 Å². The van der Waals surface area contributed by atoms with Crippen molar-refractivity contribution in [1.29, 1.82) is 0 Å². The van der Waals surface area contributed by atoms with Crippen LogP contribution in [0.2, 0.25) is 0 Å². The summed E-state index contributed by atoms with van der Waals surface area (Å²) in [6, 6.07) is 31.2. The highest BCUT2D eigenvalue weighted by atomic mass is 32.1. The Morgan fingerprint density at radius 3 is 2.52 bits per heavy atom. The van der Waals surface area contributed by atoms with Crippen molar-refractivity contribution in [2.24, 2.45) is 0 Å². The summed E-state index contributed by atoms with van der Waals surface area (Å²) >= 11 is 5.83. The van der Waals surface area contributed by atoms with Crippen molar-refractivity contribution in [2.75, 3.05) is 4.90 Å². The average molecular weight is 548 g/mol. The van der Waals surface area contributed by atoms with Crippen LogP contribution in [0.3, 0.4) is 0 Å². The molecule has 1 saturated heterocycles. The van der Waals surface area contributed by atoms with Gasteiger partial charge >= 0.3 is 5.97 Å². The number of hydrogen-bond donors (Lipinski definition) is 2. The number of rotatable bonds is 7. The Balaban J connectivity index is 1.36. The van der Waals surface area contributed by atoms with Crippen molar-refractivity contribution < 1.29 is 19.1 Å². The molecule has 1 fully saturated rings. The lowest BCUT2D eigenvalue weighted by Gasteiger charge is -2.26. The lowest BCUT2D eigenvalue weighted by Crippen LogP contribution is -2.29. The highest BCUT2D eigenvalue weighted by molar-refractivity contribution is 7.80. The van der Waals surface area contributed by atoms with Crippen LogP contribution < -0.4 is 15.0 Å². The van der Waals surface area contributed by atoms with Gasteiger partial charge in [0.05, 0.1) is 17.3 Å². The monoisotopic (exact) mass is 547 g/mol. The summed E-state index contributed by atoms with van der Waals surface area (Å²) < 4.78 is 12.5. The third kappa shape index (κ3) is 4.92. The summed E-state index contributed by atoms with van der Waals surface area (Å²) in [5.41, 5.74) is 3.61. The molecule has 0 amide bonds. The number of nitrogens with one attached hydrogen (secondary N) is 1. The molecule has 2 N–H and O–H groups in total. The Kier molecular flexibility index (Phi) is 6.76. The summed E-state index contributed by atoms with van der Waals surface area (Å²) in [5, 5.41) is 13.4. The molecule has 0 aliphatic carbocycles. The van der Waals surface area contributed by atoms with Gasteiger partial charge in [-0.05, 0) is 91.4 Å². The number of aryl methyl sites for hydroxylation is 1. The lowest BCUT2D eigenvalue weighted by molar-refractivity contribution is 0.0697. The predicted octanol–water partition coefficient (Wildman–Crippen LogP) is 7.32. The molecule has 2 atom stereocenters. The van der Waals surface area contributed by atoms with E-state index in [2.05, 4.69) is 10.3 Å². The molecule has 0 spiro atoms. The molecule has 0 saturated carbocycles. The minimum atomic E-state index is -0.991. The first-order valence-electron chi connectivity index (χ1n) is 12.8. The number of furan rings is 1. The standard InChI is InChI=1S/C32H25N3O4S/c1-20-7-2-3-11-26(20)38-24-14-12-23(13-15-24)35-30(29(34-32(35)40)25-10-4-5-18-33-25)28-17-16-27(39-28)21-8-6-9-22(19-21)31(36)37/h2-19,29-30H,1H3,(H,34,40)(H,36,37)/t29-,30+/m1/s1. The smallest absolute Gasteiger partial charge is 0.335 e. The SMILES string of the molecule is Cc1ccccc1Oc1ccc(N2C(=S)N[C@H](c3ccccn3)[C@@H]2c2ccc(-c3cccc(C(=O)O)c3)o2)cc1. The number of hydrogen-bond acceptors (Lipinski definition) is 5. The van der Waals surface area contributed by atoms with Crippen molar-refractivity contribution in [3.05, 3.63) is 132 Å². The van der Waals surface area contributed by atoms with Crippen LogP contribution in [0.5, 0.6) is 11.5 Å². The van der Waals surface area contributed by atoms with E-state index in [9.17, 15) is 9.90 Å². The van der Waals surface area contributed by atoms with Crippen LogP contribution in [0.4, 0.5) is 5.69 Å². The minimum Gasteiger partial charge on any atom is -0.478 e. The highest BCUT2D eigenvalue weighted by Gasteiger charge is 2.42. The van der Waals surface area contributed by atoms with Crippen LogP contribution in [0.1, 0.15) is 39.5 Å². The molecule has 198 valence electrons. The first kappa shape index (κ1) is 25.3. The van der Waals surface area contributed by atoms with E-state index in [0.29, 0.717) is 27.9 Å². The van der Waals surface area contributed by atoms with E-state index in [1.54, 1.807) is 24.4 Å². The molecule has 8 heteroatoms. The number of carboxylic acid groups (broad SMARTS) is 1. The van der Waals surface area contributed by atoms with Crippen molar-refractivity contribution in [3.63, 3.8) is 0 Å². The molecule has 0 unspecified atom stereocenters. The molecular formula is C32H25N3O4S. The number of nitrogens with zero attached hydrogens (tertiary/aromatic N) is 2. The fourth-order valence-electron chi connectivity index (χ4n) is 4.87. The molecule has 3 aromatic carbocycles. The van der Waals surface area contributed by atoms with Gasteiger partial charge in [-0.2, -0.15) is 0 Å². The molecule has 7 nitrogen and oxygen atoms in total. The number of anilines is 1. The molecule has 0 radical (unpaired) electrons. The maximum absolute atomic E-state index is 11.5. The molecule has 3 heterocycles. The van der Waals surface area contributed by atoms with Gasteiger partial charge in [-0.15, -0.1) is 0 Å². The summed E-state index contributed by atoms with van der Waals surface area (Å²) in [4.78, 5) is 18.1. The van der Waals surface area contributed by atoms with E-state index in [-0.39, 0.29) is 17.6 Å².